The number of benzene rings is 1. The van der Waals surface area contributed by atoms with Crippen molar-refractivity contribution in [1.29, 1.82) is 0 Å². The molecule has 0 atom stereocenters. The SMILES string of the molecule is Cn1c(CSc2nnc(-c3cccs3)n2CCC(N)=O)nc2ccccc2c1=O. The van der Waals surface area contributed by atoms with Gasteiger partial charge in [-0.3, -0.25) is 14.2 Å². The molecule has 2 N–H and O–H groups in total. The molecular formula is C19H18N6O2S2. The molecule has 29 heavy (non-hydrogen) atoms. The van der Waals surface area contributed by atoms with Crippen molar-refractivity contribution in [2.45, 2.75) is 23.9 Å². The molecule has 3 aromatic heterocycles. The molecule has 0 saturated carbocycles. The van der Waals surface area contributed by atoms with Crippen LogP contribution >= 0.6 is 23.1 Å². The number of carbonyl (C=O) groups excluding carboxylic acids is 1. The lowest BCUT2D eigenvalue weighted by Gasteiger charge is -2.10. The van der Waals surface area contributed by atoms with Crippen LogP contribution in [0.2, 0.25) is 0 Å². The number of hydrogen-bond acceptors (Lipinski definition) is 7. The number of carbonyl (C=O) groups is 1. The van der Waals surface area contributed by atoms with E-state index in [-0.39, 0.29) is 17.9 Å². The molecule has 0 radical (unpaired) electrons. The van der Waals surface area contributed by atoms with E-state index in [2.05, 4.69) is 15.2 Å². The van der Waals surface area contributed by atoms with Crippen LogP contribution in [0.3, 0.4) is 0 Å². The van der Waals surface area contributed by atoms with Crippen molar-refractivity contribution < 1.29 is 4.79 Å². The van der Waals surface area contributed by atoms with E-state index in [0.29, 0.717) is 40.0 Å². The molecule has 0 fully saturated rings. The first kappa shape index (κ1) is 19.3. The lowest BCUT2D eigenvalue weighted by atomic mass is 10.2. The van der Waals surface area contributed by atoms with E-state index in [0.717, 1.165) is 4.88 Å². The van der Waals surface area contributed by atoms with E-state index in [1.165, 1.54) is 11.8 Å². The highest BCUT2D eigenvalue weighted by molar-refractivity contribution is 7.98. The first-order chi connectivity index (χ1) is 14.0. The van der Waals surface area contributed by atoms with E-state index in [9.17, 15) is 9.59 Å². The number of amides is 1. The molecule has 0 aliphatic carbocycles. The van der Waals surface area contributed by atoms with E-state index < -0.39 is 0 Å². The summed E-state index contributed by atoms with van der Waals surface area (Å²) in [4.78, 5) is 29.5. The molecule has 4 rings (SSSR count). The van der Waals surface area contributed by atoms with Crippen LogP contribution < -0.4 is 11.3 Å². The number of primary amides is 1. The van der Waals surface area contributed by atoms with Crippen molar-refractivity contribution in [2.24, 2.45) is 12.8 Å². The van der Waals surface area contributed by atoms with Crippen molar-refractivity contribution in [3.63, 3.8) is 0 Å². The molecule has 0 aliphatic rings. The fraction of sp³-hybridized carbons (Fsp3) is 0.211. The maximum absolute atomic E-state index is 12.6. The van der Waals surface area contributed by atoms with E-state index in [4.69, 9.17) is 5.73 Å². The van der Waals surface area contributed by atoms with Crippen LogP contribution in [0, 0.1) is 0 Å². The Labute approximate surface area is 174 Å². The van der Waals surface area contributed by atoms with Gasteiger partial charge in [0.05, 0.1) is 21.5 Å². The van der Waals surface area contributed by atoms with Crippen LogP contribution in [-0.4, -0.2) is 30.2 Å². The number of hydrogen-bond donors (Lipinski definition) is 1. The van der Waals surface area contributed by atoms with Gasteiger partial charge in [0, 0.05) is 20.0 Å². The molecule has 1 aromatic carbocycles. The third-order valence-electron chi connectivity index (χ3n) is 4.45. The second-order valence-electron chi connectivity index (χ2n) is 6.35. The Bertz CT molecular complexity index is 1230. The summed E-state index contributed by atoms with van der Waals surface area (Å²) in [7, 11) is 1.71. The second kappa shape index (κ2) is 8.18. The van der Waals surface area contributed by atoms with Crippen LogP contribution in [0.4, 0.5) is 0 Å². The molecule has 0 unspecified atom stereocenters. The molecule has 0 bridgehead atoms. The zero-order valence-corrected chi connectivity index (χ0v) is 17.2. The summed E-state index contributed by atoms with van der Waals surface area (Å²) in [5.41, 5.74) is 5.92. The Balaban J connectivity index is 1.65. The predicted octanol–water partition coefficient (Wildman–Crippen LogP) is 2.42. The molecule has 8 nitrogen and oxygen atoms in total. The summed E-state index contributed by atoms with van der Waals surface area (Å²) in [6.07, 6.45) is 0.191. The van der Waals surface area contributed by atoms with Crippen LogP contribution in [-0.2, 0) is 24.1 Å². The Morgan fingerprint density at radius 2 is 2.03 bits per heavy atom. The maximum Gasteiger partial charge on any atom is 0.261 e. The minimum atomic E-state index is -0.384. The molecule has 148 valence electrons. The van der Waals surface area contributed by atoms with Gasteiger partial charge in [0.2, 0.25) is 5.91 Å². The van der Waals surface area contributed by atoms with E-state index in [1.807, 2.05) is 40.3 Å². The molecular weight excluding hydrogens is 408 g/mol. The molecule has 0 aliphatic heterocycles. The number of para-hydroxylation sites is 1. The Kier molecular flexibility index (Phi) is 5.45. The fourth-order valence-corrected chi connectivity index (χ4v) is 4.60. The van der Waals surface area contributed by atoms with Gasteiger partial charge in [0.1, 0.15) is 5.82 Å². The maximum atomic E-state index is 12.6. The van der Waals surface area contributed by atoms with Gasteiger partial charge in [-0.2, -0.15) is 0 Å². The van der Waals surface area contributed by atoms with Gasteiger partial charge in [0.25, 0.3) is 5.56 Å². The minimum absolute atomic E-state index is 0.0827. The van der Waals surface area contributed by atoms with Gasteiger partial charge in [-0.15, -0.1) is 21.5 Å². The normalized spacial score (nSPS) is 11.2. The van der Waals surface area contributed by atoms with Crippen molar-refractivity contribution in [2.75, 3.05) is 0 Å². The number of thioether (sulfide) groups is 1. The largest absolute Gasteiger partial charge is 0.370 e. The number of nitrogens with zero attached hydrogens (tertiary/aromatic N) is 5. The van der Waals surface area contributed by atoms with Gasteiger partial charge >= 0.3 is 0 Å². The van der Waals surface area contributed by atoms with Gasteiger partial charge in [-0.1, -0.05) is 30.0 Å². The van der Waals surface area contributed by atoms with E-state index in [1.54, 1.807) is 29.0 Å². The molecule has 0 spiro atoms. The molecule has 1 amide bonds. The molecule has 10 heteroatoms. The summed E-state index contributed by atoms with van der Waals surface area (Å²) in [5.74, 6) is 1.39. The standard InChI is InChI=1S/C19H18N6O2S2/c1-24-16(21-13-6-3-2-5-12(13)18(24)27)11-29-19-23-22-17(14-7-4-10-28-14)25(19)9-8-15(20)26/h2-7,10H,8-9,11H2,1H3,(H2,20,26). The Morgan fingerprint density at radius 1 is 1.21 bits per heavy atom. The number of nitrogens with two attached hydrogens (primary N) is 1. The summed E-state index contributed by atoms with van der Waals surface area (Å²) >= 11 is 2.97. The smallest absolute Gasteiger partial charge is 0.261 e. The highest BCUT2D eigenvalue weighted by Crippen LogP contribution is 2.28. The zero-order valence-electron chi connectivity index (χ0n) is 15.6. The zero-order chi connectivity index (χ0) is 20.4. The number of rotatable bonds is 7. The molecule has 3 heterocycles. The summed E-state index contributed by atoms with van der Waals surface area (Å²) in [6.45, 7) is 0.391. The van der Waals surface area contributed by atoms with Crippen LogP contribution in [0.5, 0.6) is 0 Å². The summed E-state index contributed by atoms with van der Waals surface area (Å²) in [5, 5.41) is 11.8. The summed E-state index contributed by atoms with van der Waals surface area (Å²) in [6, 6.07) is 11.2. The van der Waals surface area contributed by atoms with Crippen LogP contribution in [0.25, 0.3) is 21.6 Å². The van der Waals surface area contributed by atoms with Gasteiger partial charge in [0.15, 0.2) is 11.0 Å². The van der Waals surface area contributed by atoms with Crippen molar-refractivity contribution in [3.05, 3.63) is 58.0 Å². The number of fused-ring (bicyclic) bond motifs is 1. The average Bonchev–Trinajstić information content (AvgIpc) is 3.37. The summed E-state index contributed by atoms with van der Waals surface area (Å²) < 4.78 is 3.44. The van der Waals surface area contributed by atoms with Gasteiger partial charge < -0.3 is 10.3 Å². The van der Waals surface area contributed by atoms with Gasteiger partial charge in [-0.05, 0) is 23.6 Å². The number of thiophene rings is 1. The second-order valence-corrected chi connectivity index (χ2v) is 8.24. The lowest BCUT2D eigenvalue weighted by molar-refractivity contribution is -0.118. The van der Waals surface area contributed by atoms with Crippen molar-refractivity contribution >= 4 is 39.9 Å². The quantitative estimate of drug-likeness (QED) is 0.455. The monoisotopic (exact) mass is 426 g/mol. The van der Waals surface area contributed by atoms with Crippen molar-refractivity contribution in [1.82, 2.24) is 24.3 Å². The topological polar surface area (TPSA) is 109 Å². The highest BCUT2D eigenvalue weighted by atomic mass is 32.2. The lowest BCUT2D eigenvalue weighted by Crippen LogP contribution is -2.22. The average molecular weight is 427 g/mol. The van der Waals surface area contributed by atoms with E-state index >= 15 is 0 Å². The predicted molar refractivity (Wildman–Crippen MR) is 114 cm³/mol. The van der Waals surface area contributed by atoms with Crippen LogP contribution in [0.1, 0.15) is 12.2 Å². The first-order valence-corrected chi connectivity index (χ1v) is 10.7. The third kappa shape index (κ3) is 3.94. The number of aromatic nitrogens is 5. The Hall–Kier alpha value is -2.98. The van der Waals surface area contributed by atoms with Gasteiger partial charge in [-0.25, -0.2) is 4.98 Å². The third-order valence-corrected chi connectivity index (χ3v) is 6.27. The minimum Gasteiger partial charge on any atom is -0.370 e. The van der Waals surface area contributed by atoms with Crippen LogP contribution in [0.15, 0.2) is 51.7 Å². The molecule has 4 aromatic rings. The fourth-order valence-electron chi connectivity index (χ4n) is 2.93. The molecule has 0 saturated heterocycles. The van der Waals surface area contributed by atoms with Crippen molar-refractivity contribution in [3.8, 4) is 10.7 Å². The highest BCUT2D eigenvalue weighted by Gasteiger charge is 2.17. The first-order valence-electron chi connectivity index (χ1n) is 8.87. The Morgan fingerprint density at radius 3 is 2.79 bits per heavy atom.